The van der Waals surface area contributed by atoms with Crippen LogP contribution in [-0.4, -0.2) is 11.5 Å². The van der Waals surface area contributed by atoms with Crippen LogP contribution >= 0.6 is 11.6 Å². The molecule has 0 heterocycles. The van der Waals surface area contributed by atoms with E-state index in [0.29, 0.717) is 16.3 Å². The molecule has 0 saturated heterocycles. The fourth-order valence-electron chi connectivity index (χ4n) is 1.00. The van der Waals surface area contributed by atoms with Crippen molar-refractivity contribution in [3.8, 4) is 18.1 Å². The molecule has 4 nitrogen and oxygen atoms in total. The molecule has 16 heavy (non-hydrogen) atoms. The van der Waals surface area contributed by atoms with E-state index in [1.165, 1.54) is 6.08 Å². The number of nitro groups is 1. The Balaban J connectivity index is 2.83. The molecule has 82 valence electrons. The van der Waals surface area contributed by atoms with Gasteiger partial charge in [-0.05, 0) is 17.7 Å². The second-order valence-corrected chi connectivity index (χ2v) is 3.19. The molecular weight excluding hydrogens is 230 g/mol. The Morgan fingerprint density at radius 1 is 1.62 bits per heavy atom. The topological polar surface area (TPSA) is 52.4 Å². The molecule has 0 atom stereocenters. The van der Waals surface area contributed by atoms with Crippen LogP contribution in [0.15, 0.2) is 24.4 Å². The highest BCUT2D eigenvalue weighted by Crippen LogP contribution is 2.25. The minimum Gasteiger partial charge on any atom is -0.479 e. The zero-order valence-electron chi connectivity index (χ0n) is 8.22. The second-order valence-electron chi connectivity index (χ2n) is 2.78. The van der Waals surface area contributed by atoms with E-state index in [4.69, 9.17) is 22.8 Å². The molecular formula is C11H8ClNO3. The zero-order valence-corrected chi connectivity index (χ0v) is 8.98. The summed E-state index contributed by atoms with van der Waals surface area (Å²) in [5.41, 5.74) is 0.620. The van der Waals surface area contributed by atoms with E-state index < -0.39 is 4.92 Å². The fourth-order valence-corrected chi connectivity index (χ4v) is 1.25. The largest absolute Gasteiger partial charge is 0.479 e. The number of halogens is 1. The van der Waals surface area contributed by atoms with E-state index in [1.54, 1.807) is 18.2 Å². The van der Waals surface area contributed by atoms with E-state index in [2.05, 4.69) is 5.92 Å². The van der Waals surface area contributed by atoms with Gasteiger partial charge in [-0.2, -0.15) is 0 Å². The van der Waals surface area contributed by atoms with Gasteiger partial charge in [0, 0.05) is 6.08 Å². The summed E-state index contributed by atoms with van der Waals surface area (Å²) in [5, 5.41) is 10.5. The third-order valence-corrected chi connectivity index (χ3v) is 1.95. The zero-order chi connectivity index (χ0) is 12.0. The smallest absolute Gasteiger partial charge is 0.235 e. The van der Waals surface area contributed by atoms with E-state index in [1.807, 2.05) is 0 Å². The maximum Gasteiger partial charge on any atom is 0.235 e. The first-order chi connectivity index (χ1) is 7.63. The van der Waals surface area contributed by atoms with Crippen LogP contribution in [0.25, 0.3) is 6.08 Å². The van der Waals surface area contributed by atoms with Crippen LogP contribution in [0.1, 0.15) is 5.56 Å². The van der Waals surface area contributed by atoms with Crippen LogP contribution in [0.4, 0.5) is 0 Å². The van der Waals surface area contributed by atoms with Crippen LogP contribution in [0.5, 0.6) is 5.75 Å². The lowest BCUT2D eigenvalue weighted by Gasteiger charge is -2.04. The van der Waals surface area contributed by atoms with Gasteiger partial charge >= 0.3 is 0 Å². The summed E-state index contributed by atoms with van der Waals surface area (Å²) >= 11 is 5.88. The van der Waals surface area contributed by atoms with E-state index in [-0.39, 0.29) is 6.61 Å². The molecule has 0 unspecified atom stereocenters. The number of hydrogen-bond donors (Lipinski definition) is 0. The number of nitrogens with zero attached hydrogens (tertiary/aromatic N) is 1. The molecule has 5 heteroatoms. The van der Waals surface area contributed by atoms with Gasteiger partial charge in [0.15, 0.2) is 0 Å². The Morgan fingerprint density at radius 2 is 2.38 bits per heavy atom. The van der Waals surface area contributed by atoms with Crippen molar-refractivity contribution in [1.29, 1.82) is 0 Å². The molecule has 0 aromatic heterocycles. The van der Waals surface area contributed by atoms with Gasteiger partial charge in [0.25, 0.3) is 0 Å². The van der Waals surface area contributed by atoms with Gasteiger partial charge in [0.1, 0.15) is 12.4 Å². The van der Waals surface area contributed by atoms with Crippen molar-refractivity contribution in [3.63, 3.8) is 0 Å². The molecule has 1 aromatic carbocycles. The lowest BCUT2D eigenvalue weighted by atomic mass is 10.2. The number of rotatable bonds is 4. The molecule has 0 bridgehead atoms. The van der Waals surface area contributed by atoms with Gasteiger partial charge in [-0.3, -0.25) is 10.1 Å². The molecule has 0 saturated carbocycles. The average Bonchev–Trinajstić information content (AvgIpc) is 2.25. The molecule has 0 spiro atoms. The fraction of sp³-hybridized carbons (Fsp3) is 0.0909. The molecule has 0 aliphatic heterocycles. The Bertz CT molecular complexity index is 463. The summed E-state index contributed by atoms with van der Waals surface area (Å²) < 4.78 is 5.14. The summed E-state index contributed by atoms with van der Waals surface area (Å²) in [5.74, 6) is 2.77. The van der Waals surface area contributed by atoms with Crippen molar-refractivity contribution in [2.45, 2.75) is 0 Å². The van der Waals surface area contributed by atoms with E-state index >= 15 is 0 Å². The predicted molar refractivity (Wildman–Crippen MR) is 61.8 cm³/mol. The highest BCUT2D eigenvalue weighted by molar-refractivity contribution is 6.32. The number of benzene rings is 1. The molecule has 0 amide bonds. The third kappa shape index (κ3) is 3.64. The van der Waals surface area contributed by atoms with Crippen LogP contribution in [0.2, 0.25) is 5.02 Å². The maximum atomic E-state index is 10.1. The summed E-state index contributed by atoms with van der Waals surface area (Å²) in [6.45, 7) is 0.129. The van der Waals surface area contributed by atoms with Gasteiger partial charge in [0.05, 0.1) is 9.95 Å². The normalized spacial score (nSPS) is 10.0. The minimum atomic E-state index is -0.545. The van der Waals surface area contributed by atoms with Crippen molar-refractivity contribution in [2.24, 2.45) is 0 Å². The maximum absolute atomic E-state index is 10.1. The summed E-state index contributed by atoms with van der Waals surface area (Å²) in [6.07, 6.45) is 7.22. The average molecular weight is 238 g/mol. The lowest BCUT2D eigenvalue weighted by molar-refractivity contribution is -0.400. The molecule has 0 radical (unpaired) electrons. The van der Waals surface area contributed by atoms with Crippen molar-refractivity contribution in [1.82, 2.24) is 0 Å². The van der Waals surface area contributed by atoms with Crippen LogP contribution in [-0.2, 0) is 0 Å². The van der Waals surface area contributed by atoms with Crippen molar-refractivity contribution >= 4 is 17.7 Å². The Kier molecular flexibility index (Phi) is 4.37. The Morgan fingerprint density at radius 3 is 2.94 bits per heavy atom. The van der Waals surface area contributed by atoms with Crippen LogP contribution in [0.3, 0.4) is 0 Å². The molecule has 0 aliphatic rings. The Hall–Kier alpha value is -1.99. The lowest BCUT2D eigenvalue weighted by Crippen LogP contribution is -1.94. The summed E-state index contributed by atoms with van der Waals surface area (Å²) in [4.78, 5) is 9.56. The molecule has 0 fully saturated rings. The highest BCUT2D eigenvalue weighted by atomic mass is 35.5. The summed E-state index contributed by atoms with van der Waals surface area (Å²) in [7, 11) is 0. The Labute approximate surface area is 97.6 Å². The first-order valence-electron chi connectivity index (χ1n) is 4.31. The number of ether oxygens (including phenoxy) is 1. The van der Waals surface area contributed by atoms with Gasteiger partial charge in [-0.25, -0.2) is 0 Å². The SMILES string of the molecule is C#CCOc1ccc(C=C[N+](=O)[O-])cc1Cl. The van der Waals surface area contributed by atoms with Gasteiger partial charge in [-0.1, -0.05) is 23.6 Å². The molecule has 0 aliphatic carbocycles. The van der Waals surface area contributed by atoms with Gasteiger partial charge in [-0.15, -0.1) is 6.42 Å². The number of terminal acetylenes is 1. The number of hydrogen-bond acceptors (Lipinski definition) is 3. The molecule has 1 rings (SSSR count). The third-order valence-electron chi connectivity index (χ3n) is 1.66. The molecule has 1 aromatic rings. The first kappa shape index (κ1) is 12.1. The van der Waals surface area contributed by atoms with Crippen molar-refractivity contribution in [2.75, 3.05) is 6.61 Å². The quantitative estimate of drug-likeness (QED) is 0.460. The molecule has 0 N–H and O–H groups in total. The monoisotopic (exact) mass is 237 g/mol. The van der Waals surface area contributed by atoms with Crippen molar-refractivity contribution < 1.29 is 9.66 Å². The minimum absolute atomic E-state index is 0.129. The van der Waals surface area contributed by atoms with Crippen LogP contribution < -0.4 is 4.74 Å². The van der Waals surface area contributed by atoms with E-state index in [9.17, 15) is 10.1 Å². The van der Waals surface area contributed by atoms with Gasteiger partial charge in [0.2, 0.25) is 6.20 Å². The second kappa shape index (κ2) is 5.79. The summed E-state index contributed by atoms with van der Waals surface area (Å²) in [6, 6.07) is 4.82. The van der Waals surface area contributed by atoms with Gasteiger partial charge < -0.3 is 4.74 Å². The predicted octanol–water partition coefficient (Wildman–Crippen LogP) is 2.60. The van der Waals surface area contributed by atoms with Crippen LogP contribution in [0, 0.1) is 22.5 Å². The standard InChI is InChI=1S/C11H8ClNO3/c1-2-7-16-11-4-3-9(8-10(11)12)5-6-13(14)15/h1,3-6,8H,7H2. The first-order valence-corrected chi connectivity index (χ1v) is 4.69. The van der Waals surface area contributed by atoms with Crippen molar-refractivity contribution in [3.05, 3.63) is 45.1 Å². The highest BCUT2D eigenvalue weighted by Gasteiger charge is 2.01. The van der Waals surface area contributed by atoms with E-state index in [0.717, 1.165) is 6.20 Å².